The zero-order chi connectivity index (χ0) is 36.2. The van der Waals surface area contributed by atoms with Crippen molar-refractivity contribution in [1.29, 1.82) is 0 Å². The van der Waals surface area contributed by atoms with Crippen LogP contribution < -0.4 is 38.7 Å². The van der Waals surface area contributed by atoms with Gasteiger partial charge < -0.3 is 43.1 Å². The number of carbonyl (C=O) groups excluding carboxylic acids is 1. The topological polar surface area (TPSA) is 125 Å². The van der Waals surface area contributed by atoms with Crippen LogP contribution in [-0.2, 0) is 26.1 Å². The van der Waals surface area contributed by atoms with Crippen LogP contribution >= 0.6 is 11.6 Å². The first kappa shape index (κ1) is 39.4. The van der Waals surface area contributed by atoms with Gasteiger partial charge in [0.2, 0.25) is 0 Å². The Morgan fingerprint density at radius 3 is 1.74 bits per heavy atom. The summed E-state index contributed by atoms with van der Waals surface area (Å²) in [5.41, 5.74) is 16.6. The lowest BCUT2D eigenvalue weighted by Gasteiger charge is -2.45. The number of nitrogen functional groups attached to an aromatic ring is 2. The SMILES string of the molecule is Nc1nc(N)c(C(=O)N[C@H]2CCC[N+](CCCc3ccc(OCc4ccccc4)cc3)(CCCc3ccc(OCc4ccccc4)cc3)C2)nc1Cl.[Cl-]. The molecule has 0 spiro atoms. The van der Waals surface area contributed by atoms with Gasteiger partial charge in [0.25, 0.3) is 5.91 Å². The lowest BCUT2D eigenvalue weighted by Crippen LogP contribution is -3.00. The smallest absolute Gasteiger partial charge is 0.274 e. The lowest BCUT2D eigenvalue weighted by molar-refractivity contribution is -0.933. The first-order valence-corrected chi connectivity index (χ1v) is 18.5. The number of ether oxygens (including phenoxy) is 2. The van der Waals surface area contributed by atoms with E-state index in [0.29, 0.717) is 13.2 Å². The molecule has 1 fully saturated rings. The van der Waals surface area contributed by atoms with E-state index >= 15 is 0 Å². The number of aryl methyl sites for hydroxylation is 2. The number of amides is 1. The molecule has 0 radical (unpaired) electrons. The number of piperidine rings is 1. The van der Waals surface area contributed by atoms with E-state index in [9.17, 15) is 4.79 Å². The molecule has 278 valence electrons. The minimum atomic E-state index is -0.374. The highest BCUT2D eigenvalue weighted by Gasteiger charge is 2.35. The fourth-order valence-electron chi connectivity index (χ4n) is 7.05. The van der Waals surface area contributed by atoms with Crippen LogP contribution in [0.15, 0.2) is 109 Å². The molecule has 0 bridgehead atoms. The molecule has 5 N–H and O–H groups in total. The average Bonchev–Trinajstić information content (AvgIpc) is 3.16. The van der Waals surface area contributed by atoms with E-state index in [0.717, 1.165) is 91.8 Å². The largest absolute Gasteiger partial charge is 1.00 e. The van der Waals surface area contributed by atoms with Crippen LogP contribution in [0.2, 0.25) is 5.15 Å². The summed E-state index contributed by atoms with van der Waals surface area (Å²) < 4.78 is 12.9. The number of nitrogens with one attached hydrogen (secondary N) is 1. The molecule has 1 aliphatic heterocycles. The number of nitrogens with zero attached hydrogens (tertiary/aromatic N) is 3. The summed E-state index contributed by atoms with van der Waals surface area (Å²) in [5, 5.41) is 3.16. The molecule has 0 saturated carbocycles. The zero-order valence-electron chi connectivity index (χ0n) is 29.9. The monoisotopic (exact) mass is 754 g/mol. The molecule has 6 rings (SSSR count). The number of anilines is 2. The van der Waals surface area contributed by atoms with E-state index in [1.807, 2.05) is 36.4 Å². The maximum Gasteiger partial charge on any atom is 0.274 e. The predicted molar refractivity (Wildman–Crippen MR) is 207 cm³/mol. The van der Waals surface area contributed by atoms with Crippen molar-refractivity contribution in [1.82, 2.24) is 15.3 Å². The number of carbonyl (C=O) groups is 1. The highest BCUT2D eigenvalue weighted by molar-refractivity contribution is 6.31. The summed E-state index contributed by atoms with van der Waals surface area (Å²) in [6.07, 6.45) is 5.90. The summed E-state index contributed by atoms with van der Waals surface area (Å²) >= 11 is 6.08. The molecule has 1 saturated heterocycles. The second-order valence-electron chi connectivity index (χ2n) is 13.7. The number of hydrogen-bond acceptors (Lipinski definition) is 7. The van der Waals surface area contributed by atoms with Crippen molar-refractivity contribution in [2.24, 2.45) is 0 Å². The predicted octanol–water partition coefficient (Wildman–Crippen LogP) is 4.43. The fraction of sp³-hybridized carbons (Fsp3) is 0.310. The van der Waals surface area contributed by atoms with E-state index in [-0.39, 0.29) is 46.8 Å². The zero-order valence-corrected chi connectivity index (χ0v) is 31.4. The number of aromatic nitrogens is 2. The van der Waals surface area contributed by atoms with Crippen molar-refractivity contribution in [3.63, 3.8) is 0 Å². The number of hydrogen-bond donors (Lipinski definition) is 3. The van der Waals surface area contributed by atoms with Gasteiger partial charge in [-0.3, -0.25) is 4.79 Å². The van der Waals surface area contributed by atoms with Crippen molar-refractivity contribution in [2.75, 3.05) is 37.6 Å². The van der Waals surface area contributed by atoms with Crippen molar-refractivity contribution in [3.05, 3.63) is 142 Å². The van der Waals surface area contributed by atoms with E-state index in [1.54, 1.807) is 0 Å². The van der Waals surface area contributed by atoms with Gasteiger partial charge in [-0.05, 0) is 72.2 Å². The van der Waals surface area contributed by atoms with Crippen LogP contribution in [0.25, 0.3) is 0 Å². The lowest BCUT2D eigenvalue weighted by atomic mass is 9.99. The van der Waals surface area contributed by atoms with Gasteiger partial charge in [0.1, 0.15) is 24.7 Å². The number of halogens is 2. The minimum absolute atomic E-state index is 0. The summed E-state index contributed by atoms with van der Waals surface area (Å²) in [5.74, 6) is 1.35. The van der Waals surface area contributed by atoms with Gasteiger partial charge in [0, 0.05) is 12.8 Å². The third kappa shape index (κ3) is 11.6. The molecule has 53 heavy (non-hydrogen) atoms. The second-order valence-corrected chi connectivity index (χ2v) is 14.0. The van der Waals surface area contributed by atoms with Crippen molar-refractivity contribution >= 4 is 29.1 Å². The third-order valence-corrected chi connectivity index (χ3v) is 10.1. The molecular formula is C42H48Cl2N6O3. The normalized spacial score (nSPS) is 14.8. The Labute approximate surface area is 323 Å². The molecule has 0 aliphatic carbocycles. The Hall–Kier alpha value is -4.83. The summed E-state index contributed by atoms with van der Waals surface area (Å²) in [6, 6.07) is 37.3. The Morgan fingerprint density at radius 1 is 0.717 bits per heavy atom. The van der Waals surface area contributed by atoms with E-state index in [4.69, 9.17) is 32.5 Å². The standard InChI is InChI=1S/C42H47ClN6O3.ClH/c43-39-41(45)48-40(44)38(47-39)42(50)46-35-16-9-27-49(28-35,25-7-14-31-17-21-36(22-18-31)51-29-33-10-3-1-4-11-33)26-8-15-32-19-23-37(24-20-32)52-30-34-12-5-2-6-13-34;/h1-6,10-13,17-24,35H,7-9,14-16,25-30H2,(H4-,44,45,46,48,50);1H/t35-;/m0./s1. The highest BCUT2D eigenvalue weighted by atomic mass is 35.5. The Kier molecular flexibility index (Phi) is 14.3. The fourth-order valence-corrected chi connectivity index (χ4v) is 7.17. The average molecular weight is 756 g/mol. The number of benzene rings is 4. The van der Waals surface area contributed by atoms with Crippen molar-refractivity contribution in [3.8, 4) is 11.5 Å². The molecule has 0 unspecified atom stereocenters. The Balaban J connectivity index is 0.00000541. The molecule has 1 aliphatic rings. The van der Waals surface area contributed by atoms with E-state index in [1.165, 1.54) is 11.1 Å². The number of likely N-dealkylation sites (tertiary alicyclic amines) is 1. The quantitative estimate of drug-likeness (QED) is 0.127. The number of quaternary nitrogens is 1. The van der Waals surface area contributed by atoms with Crippen LogP contribution in [0.3, 0.4) is 0 Å². The highest BCUT2D eigenvalue weighted by Crippen LogP contribution is 2.25. The Bertz CT molecular complexity index is 1790. The van der Waals surface area contributed by atoms with Crippen LogP contribution in [0, 0.1) is 0 Å². The maximum atomic E-state index is 13.3. The van der Waals surface area contributed by atoms with Crippen molar-refractivity contribution < 1.29 is 31.2 Å². The van der Waals surface area contributed by atoms with Gasteiger partial charge in [0.15, 0.2) is 22.5 Å². The molecule has 9 nitrogen and oxygen atoms in total. The van der Waals surface area contributed by atoms with Gasteiger partial charge in [-0.2, -0.15) is 0 Å². The summed E-state index contributed by atoms with van der Waals surface area (Å²) in [4.78, 5) is 21.4. The molecule has 1 atom stereocenters. The number of rotatable bonds is 16. The van der Waals surface area contributed by atoms with E-state index in [2.05, 4.69) is 88.1 Å². The summed E-state index contributed by atoms with van der Waals surface area (Å²) in [7, 11) is 0. The second kappa shape index (κ2) is 19.3. The molecule has 5 aromatic rings. The van der Waals surface area contributed by atoms with Crippen LogP contribution in [0.1, 0.15) is 58.4 Å². The maximum absolute atomic E-state index is 13.3. The van der Waals surface area contributed by atoms with Gasteiger partial charge >= 0.3 is 0 Å². The van der Waals surface area contributed by atoms with Gasteiger partial charge in [-0.25, -0.2) is 9.97 Å². The minimum Gasteiger partial charge on any atom is -1.00 e. The first-order valence-electron chi connectivity index (χ1n) is 18.1. The molecule has 4 aromatic carbocycles. The molecule has 11 heteroatoms. The molecule has 2 heterocycles. The van der Waals surface area contributed by atoms with Gasteiger partial charge in [0.05, 0.1) is 32.2 Å². The van der Waals surface area contributed by atoms with Crippen LogP contribution in [0.5, 0.6) is 11.5 Å². The Morgan fingerprint density at radius 2 is 1.23 bits per heavy atom. The van der Waals surface area contributed by atoms with Gasteiger partial charge in [-0.15, -0.1) is 0 Å². The molecular weight excluding hydrogens is 707 g/mol. The molecule has 1 amide bonds. The van der Waals surface area contributed by atoms with Crippen LogP contribution in [0.4, 0.5) is 11.6 Å². The van der Waals surface area contributed by atoms with Crippen LogP contribution in [-0.4, -0.2) is 52.6 Å². The van der Waals surface area contributed by atoms with Crippen molar-refractivity contribution in [2.45, 2.75) is 57.8 Å². The molecule has 1 aromatic heterocycles. The summed E-state index contributed by atoms with van der Waals surface area (Å²) in [6.45, 7) is 5.03. The third-order valence-electron chi connectivity index (χ3n) is 9.79. The van der Waals surface area contributed by atoms with Gasteiger partial charge in [-0.1, -0.05) is 96.5 Å². The first-order chi connectivity index (χ1) is 25.3. The van der Waals surface area contributed by atoms with E-state index < -0.39 is 0 Å². The number of nitrogens with two attached hydrogens (primary N) is 2.